The van der Waals surface area contributed by atoms with Crippen molar-refractivity contribution in [2.75, 3.05) is 17.2 Å². The third-order valence-electron chi connectivity index (χ3n) is 5.58. The minimum atomic E-state index is -0.856. The van der Waals surface area contributed by atoms with Crippen LogP contribution in [0.15, 0.2) is 42.6 Å². The van der Waals surface area contributed by atoms with E-state index in [0.717, 1.165) is 5.56 Å². The maximum absolute atomic E-state index is 13.2. The molecule has 4 N–H and O–H groups in total. The Morgan fingerprint density at radius 1 is 1.09 bits per heavy atom. The van der Waals surface area contributed by atoms with E-state index in [1.807, 2.05) is 30.3 Å². The van der Waals surface area contributed by atoms with E-state index in [2.05, 4.69) is 15.6 Å². The summed E-state index contributed by atoms with van der Waals surface area (Å²) in [6, 6.07) is 10.6. The molecular formula is C25H31N5O5. The van der Waals surface area contributed by atoms with Gasteiger partial charge in [-0.25, -0.2) is 9.78 Å². The first-order valence-corrected chi connectivity index (χ1v) is 11.4. The zero-order chi connectivity index (χ0) is 25.8. The van der Waals surface area contributed by atoms with Crippen molar-refractivity contribution < 1.29 is 23.9 Å². The molecule has 10 nitrogen and oxygen atoms in total. The van der Waals surface area contributed by atoms with Crippen LogP contribution in [-0.2, 0) is 19.1 Å². The fourth-order valence-corrected chi connectivity index (χ4v) is 3.94. The molecule has 186 valence electrons. The maximum atomic E-state index is 13.2. The van der Waals surface area contributed by atoms with Crippen LogP contribution in [-0.4, -0.2) is 45.8 Å². The number of carbonyl (C=O) groups excluding carboxylic acids is 4. The van der Waals surface area contributed by atoms with Gasteiger partial charge in [0.15, 0.2) is 0 Å². The normalized spacial score (nSPS) is 17.9. The van der Waals surface area contributed by atoms with Gasteiger partial charge in [-0.15, -0.1) is 0 Å². The van der Waals surface area contributed by atoms with E-state index in [0.29, 0.717) is 18.4 Å². The number of rotatable bonds is 4. The fraction of sp³-hybridized carbons (Fsp3) is 0.400. The number of primary amides is 1. The Labute approximate surface area is 204 Å². The van der Waals surface area contributed by atoms with Crippen LogP contribution >= 0.6 is 0 Å². The number of benzene rings is 1. The molecule has 0 spiro atoms. The van der Waals surface area contributed by atoms with E-state index in [9.17, 15) is 19.2 Å². The molecule has 2 unspecified atom stereocenters. The molecule has 1 fully saturated rings. The molecule has 35 heavy (non-hydrogen) atoms. The number of carbonyl (C=O) groups is 4. The van der Waals surface area contributed by atoms with E-state index in [1.54, 1.807) is 33.8 Å². The average Bonchev–Trinajstić information content (AvgIpc) is 2.79. The predicted molar refractivity (Wildman–Crippen MR) is 130 cm³/mol. The van der Waals surface area contributed by atoms with Crippen molar-refractivity contribution in [3.8, 4) is 0 Å². The lowest BCUT2D eigenvalue weighted by atomic mass is 9.88. The van der Waals surface area contributed by atoms with Gasteiger partial charge in [0, 0.05) is 6.54 Å². The third-order valence-corrected chi connectivity index (χ3v) is 5.58. The molecule has 2 atom stereocenters. The molecular weight excluding hydrogens is 450 g/mol. The van der Waals surface area contributed by atoms with Gasteiger partial charge in [0.05, 0.1) is 23.8 Å². The monoisotopic (exact) mass is 481 g/mol. The Balaban J connectivity index is 1.73. The van der Waals surface area contributed by atoms with Crippen molar-refractivity contribution in [1.82, 2.24) is 9.88 Å². The van der Waals surface area contributed by atoms with Crippen LogP contribution in [0.4, 0.5) is 16.3 Å². The summed E-state index contributed by atoms with van der Waals surface area (Å²) in [4.78, 5) is 55.4. The van der Waals surface area contributed by atoms with Crippen LogP contribution in [0.2, 0.25) is 0 Å². The first-order valence-electron chi connectivity index (χ1n) is 11.4. The highest BCUT2D eigenvalue weighted by Crippen LogP contribution is 2.33. The van der Waals surface area contributed by atoms with Crippen LogP contribution < -0.4 is 16.4 Å². The number of aromatic nitrogens is 1. The first-order chi connectivity index (χ1) is 16.4. The number of piperidine rings is 1. The van der Waals surface area contributed by atoms with Gasteiger partial charge in [0.1, 0.15) is 11.4 Å². The zero-order valence-corrected chi connectivity index (χ0v) is 20.3. The summed E-state index contributed by atoms with van der Waals surface area (Å²) in [5.41, 5.74) is 6.56. The Hall–Kier alpha value is -3.95. The Bertz CT molecular complexity index is 1110. The number of aryl methyl sites for hydroxylation is 1. The second-order valence-electron chi connectivity index (χ2n) is 9.53. The third kappa shape index (κ3) is 6.78. The van der Waals surface area contributed by atoms with Crippen LogP contribution in [0.25, 0.3) is 0 Å². The molecule has 1 aliphatic rings. The van der Waals surface area contributed by atoms with Gasteiger partial charge in [-0.1, -0.05) is 30.3 Å². The number of ether oxygens (including phenoxy) is 1. The Kier molecular flexibility index (Phi) is 7.73. The second-order valence-corrected chi connectivity index (χ2v) is 9.53. The van der Waals surface area contributed by atoms with Gasteiger partial charge in [-0.3, -0.25) is 19.7 Å². The van der Waals surface area contributed by atoms with E-state index < -0.39 is 35.3 Å². The maximum Gasteiger partial charge on any atom is 0.413 e. The lowest BCUT2D eigenvalue weighted by molar-refractivity contribution is -0.147. The second kappa shape index (κ2) is 10.5. The van der Waals surface area contributed by atoms with Crippen LogP contribution in [0, 0.1) is 12.8 Å². The van der Waals surface area contributed by atoms with E-state index in [1.165, 1.54) is 11.1 Å². The number of pyridine rings is 1. The molecule has 1 aromatic carbocycles. The fourth-order valence-electron chi connectivity index (χ4n) is 3.94. The highest BCUT2D eigenvalue weighted by Gasteiger charge is 2.37. The predicted octanol–water partition coefficient (Wildman–Crippen LogP) is 3.14. The van der Waals surface area contributed by atoms with Gasteiger partial charge in [-0.05, 0) is 57.7 Å². The highest BCUT2D eigenvalue weighted by molar-refractivity contribution is 6.39. The quantitative estimate of drug-likeness (QED) is 0.572. The van der Waals surface area contributed by atoms with Crippen LogP contribution in [0.3, 0.4) is 0 Å². The molecule has 3 rings (SSSR count). The Morgan fingerprint density at radius 2 is 1.77 bits per heavy atom. The number of hydrogen-bond acceptors (Lipinski definition) is 6. The molecule has 1 saturated heterocycles. The van der Waals surface area contributed by atoms with Crippen molar-refractivity contribution >= 4 is 35.3 Å². The standard InChI is InChI=1S/C25H31N5O5/c1-15-12-18(13-27-21(15)29-24(34)35-25(2,3)4)28-22(32)23(33)30-14-17(20(26)31)10-11-19(30)16-8-6-5-7-9-16/h5-9,12-13,17,19H,10-11,14H2,1-4H3,(H2,26,31)(H,28,32)(H,27,29,34). The summed E-state index contributed by atoms with van der Waals surface area (Å²) < 4.78 is 5.22. The molecule has 2 heterocycles. The summed E-state index contributed by atoms with van der Waals surface area (Å²) in [6.07, 6.45) is 1.74. The van der Waals surface area contributed by atoms with Gasteiger partial charge >= 0.3 is 17.9 Å². The number of nitrogens with one attached hydrogen (secondary N) is 2. The topological polar surface area (TPSA) is 144 Å². The van der Waals surface area contributed by atoms with Crippen molar-refractivity contribution in [1.29, 1.82) is 0 Å². The van der Waals surface area contributed by atoms with Crippen LogP contribution in [0.5, 0.6) is 0 Å². The van der Waals surface area contributed by atoms with E-state index in [4.69, 9.17) is 10.5 Å². The molecule has 4 amide bonds. The Morgan fingerprint density at radius 3 is 2.37 bits per heavy atom. The summed E-state index contributed by atoms with van der Waals surface area (Å²) in [5.74, 6) is -2.37. The SMILES string of the molecule is Cc1cc(NC(=O)C(=O)N2CC(C(N)=O)CCC2c2ccccc2)cnc1NC(=O)OC(C)(C)C. The molecule has 1 aromatic heterocycles. The molecule has 0 radical (unpaired) electrons. The largest absolute Gasteiger partial charge is 0.444 e. The molecule has 2 aromatic rings. The van der Waals surface area contributed by atoms with E-state index >= 15 is 0 Å². The van der Waals surface area contributed by atoms with Crippen molar-refractivity contribution in [2.24, 2.45) is 11.7 Å². The van der Waals surface area contributed by atoms with Gasteiger partial charge in [-0.2, -0.15) is 0 Å². The van der Waals surface area contributed by atoms with Crippen molar-refractivity contribution in [3.05, 3.63) is 53.7 Å². The van der Waals surface area contributed by atoms with Crippen molar-refractivity contribution in [3.63, 3.8) is 0 Å². The summed E-state index contributed by atoms with van der Waals surface area (Å²) >= 11 is 0. The van der Waals surface area contributed by atoms with Gasteiger partial charge < -0.3 is 20.7 Å². The average molecular weight is 482 g/mol. The number of likely N-dealkylation sites (tertiary alicyclic amines) is 1. The number of nitrogens with two attached hydrogens (primary N) is 1. The molecule has 0 saturated carbocycles. The van der Waals surface area contributed by atoms with Crippen LogP contribution in [0.1, 0.15) is 50.8 Å². The summed E-state index contributed by atoms with van der Waals surface area (Å²) in [6.45, 7) is 7.01. The molecule has 1 aliphatic heterocycles. The lowest BCUT2D eigenvalue weighted by Crippen LogP contribution is -2.49. The number of amides is 4. The summed E-state index contributed by atoms with van der Waals surface area (Å²) in [7, 11) is 0. The molecule has 0 bridgehead atoms. The number of anilines is 2. The first kappa shape index (κ1) is 25.7. The zero-order valence-electron chi connectivity index (χ0n) is 20.3. The highest BCUT2D eigenvalue weighted by atomic mass is 16.6. The molecule has 10 heteroatoms. The number of hydrogen-bond donors (Lipinski definition) is 3. The summed E-state index contributed by atoms with van der Waals surface area (Å²) in [5, 5.41) is 5.12. The lowest BCUT2D eigenvalue weighted by Gasteiger charge is -2.38. The van der Waals surface area contributed by atoms with Gasteiger partial charge in [0.2, 0.25) is 5.91 Å². The van der Waals surface area contributed by atoms with E-state index in [-0.39, 0.29) is 24.1 Å². The minimum Gasteiger partial charge on any atom is -0.444 e. The minimum absolute atomic E-state index is 0.0666. The smallest absolute Gasteiger partial charge is 0.413 e. The van der Waals surface area contributed by atoms with Crippen molar-refractivity contribution in [2.45, 2.75) is 52.2 Å². The number of nitrogens with zero attached hydrogens (tertiary/aromatic N) is 2. The molecule has 0 aliphatic carbocycles. The van der Waals surface area contributed by atoms with Gasteiger partial charge in [0.25, 0.3) is 0 Å².